The first kappa shape index (κ1) is 23.9. The van der Waals surface area contributed by atoms with E-state index >= 15 is 0 Å². The number of ether oxygens (including phenoxy) is 2. The van der Waals surface area contributed by atoms with E-state index in [9.17, 15) is 9.59 Å². The molecule has 32 heavy (non-hydrogen) atoms. The number of nitrogens with zero attached hydrogens (tertiary/aromatic N) is 1. The quantitative estimate of drug-likeness (QED) is 0.543. The predicted molar refractivity (Wildman–Crippen MR) is 127 cm³/mol. The summed E-state index contributed by atoms with van der Waals surface area (Å²) in [5.74, 6) is 1.03. The fourth-order valence-electron chi connectivity index (χ4n) is 3.80. The Morgan fingerprint density at radius 3 is 2.56 bits per heavy atom. The van der Waals surface area contributed by atoms with Crippen molar-refractivity contribution in [2.45, 2.75) is 39.5 Å². The van der Waals surface area contributed by atoms with Gasteiger partial charge in [0.2, 0.25) is 5.91 Å². The molecule has 2 aromatic carbocycles. The molecule has 2 amide bonds. The Bertz CT molecular complexity index is 955. The summed E-state index contributed by atoms with van der Waals surface area (Å²) in [4.78, 5) is 27.5. The van der Waals surface area contributed by atoms with Gasteiger partial charge in [0, 0.05) is 29.7 Å². The highest BCUT2D eigenvalue weighted by molar-refractivity contribution is 6.31. The second kappa shape index (κ2) is 11.2. The van der Waals surface area contributed by atoms with Gasteiger partial charge in [-0.25, -0.2) is 0 Å². The largest absolute Gasteiger partial charge is 0.496 e. The number of piperidine rings is 1. The lowest BCUT2D eigenvalue weighted by Gasteiger charge is -2.31. The minimum atomic E-state index is -0.139. The predicted octanol–water partition coefficient (Wildman–Crippen LogP) is 5.33. The molecule has 1 fully saturated rings. The van der Waals surface area contributed by atoms with E-state index in [0.717, 1.165) is 29.8 Å². The van der Waals surface area contributed by atoms with Gasteiger partial charge in [0.25, 0.3) is 5.91 Å². The first-order chi connectivity index (χ1) is 15.4. The molecule has 1 aliphatic heterocycles. The number of methoxy groups -OCH3 is 1. The van der Waals surface area contributed by atoms with Crippen LogP contribution in [-0.2, 0) is 4.79 Å². The normalized spacial score (nSPS) is 14.2. The number of halogens is 1. The van der Waals surface area contributed by atoms with Gasteiger partial charge in [0.15, 0.2) is 0 Å². The van der Waals surface area contributed by atoms with E-state index < -0.39 is 0 Å². The van der Waals surface area contributed by atoms with Crippen molar-refractivity contribution in [2.24, 2.45) is 5.92 Å². The monoisotopic (exact) mass is 458 g/mol. The number of likely N-dealkylation sites (tertiary alicyclic amines) is 1. The van der Waals surface area contributed by atoms with E-state index in [1.165, 1.54) is 7.11 Å². The van der Waals surface area contributed by atoms with Crippen LogP contribution in [0.5, 0.6) is 11.5 Å². The highest BCUT2D eigenvalue weighted by Gasteiger charge is 2.29. The number of carbonyl (C=O) groups is 2. The Morgan fingerprint density at radius 1 is 1.16 bits per heavy atom. The molecule has 0 aromatic heterocycles. The van der Waals surface area contributed by atoms with Crippen LogP contribution < -0.4 is 14.8 Å². The number of rotatable bonds is 8. The van der Waals surface area contributed by atoms with Gasteiger partial charge < -0.3 is 19.7 Å². The lowest BCUT2D eigenvalue weighted by atomic mass is 9.95. The molecule has 1 heterocycles. The van der Waals surface area contributed by atoms with Gasteiger partial charge in [0.05, 0.1) is 19.3 Å². The fourth-order valence-corrected chi connectivity index (χ4v) is 3.97. The van der Waals surface area contributed by atoms with Crippen molar-refractivity contribution in [2.75, 3.05) is 32.1 Å². The van der Waals surface area contributed by atoms with E-state index in [1.54, 1.807) is 23.1 Å². The molecule has 172 valence electrons. The van der Waals surface area contributed by atoms with Crippen molar-refractivity contribution in [1.82, 2.24) is 4.90 Å². The molecule has 0 spiro atoms. The molecule has 0 radical (unpaired) electrons. The molecular weight excluding hydrogens is 428 g/mol. The van der Waals surface area contributed by atoms with Crippen LogP contribution in [0.15, 0.2) is 36.4 Å². The second-order valence-electron chi connectivity index (χ2n) is 8.08. The zero-order valence-corrected chi connectivity index (χ0v) is 19.7. The van der Waals surface area contributed by atoms with Crippen LogP contribution in [0, 0.1) is 12.8 Å². The number of aryl methyl sites for hydroxylation is 1. The van der Waals surface area contributed by atoms with Gasteiger partial charge >= 0.3 is 0 Å². The molecule has 7 heteroatoms. The standard InChI is InChI=1S/C25H31ClN2O4/c1-4-5-14-32-20-7-8-22(17(2)15-20)27-24(29)18-10-12-28(13-11-18)25(30)21-16-19(26)6-9-23(21)31-3/h6-9,15-16,18H,4-5,10-14H2,1-3H3,(H,27,29). The zero-order chi connectivity index (χ0) is 23.1. The summed E-state index contributed by atoms with van der Waals surface area (Å²) in [5, 5.41) is 3.53. The summed E-state index contributed by atoms with van der Waals surface area (Å²) in [6.45, 7) is 5.80. The van der Waals surface area contributed by atoms with Crippen molar-refractivity contribution in [3.05, 3.63) is 52.5 Å². The Hall–Kier alpha value is -2.73. The first-order valence-corrected chi connectivity index (χ1v) is 11.5. The highest BCUT2D eigenvalue weighted by atomic mass is 35.5. The van der Waals surface area contributed by atoms with E-state index in [4.69, 9.17) is 21.1 Å². The van der Waals surface area contributed by atoms with E-state index in [1.807, 2.05) is 25.1 Å². The maximum Gasteiger partial charge on any atom is 0.257 e. The van der Waals surface area contributed by atoms with Crippen molar-refractivity contribution in [3.63, 3.8) is 0 Å². The van der Waals surface area contributed by atoms with E-state index in [-0.39, 0.29) is 17.7 Å². The van der Waals surface area contributed by atoms with Crippen molar-refractivity contribution in [3.8, 4) is 11.5 Å². The number of anilines is 1. The number of unbranched alkanes of at least 4 members (excludes halogenated alkanes) is 1. The molecule has 6 nitrogen and oxygen atoms in total. The van der Waals surface area contributed by atoms with E-state index in [2.05, 4.69) is 12.2 Å². The summed E-state index contributed by atoms with van der Waals surface area (Å²) in [6, 6.07) is 10.7. The van der Waals surface area contributed by atoms with Gasteiger partial charge in [0.1, 0.15) is 11.5 Å². The summed E-state index contributed by atoms with van der Waals surface area (Å²) in [6.07, 6.45) is 3.32. The third-order valence-corrected chi connectivity index (χ3v) is 6.00. The third-order valence-electron chi connectivity index (χ3n) is 5.77. The van der Waals surface area contributed by atoms with Crippen LogP contribution in [0.1, 0.15) is 48.5 Å². The lowest BCUT2D eigenvalue weighted by molar-refractivity contribution is -0.121. The summed E-state index contributed by atoms with van der Waals surface area (Å²) >= 11 is 6.07. The molecule has 0 atom stereocenters. The second-order valence-corrected chi connectivity index (χ2v) is 8.52. The number of benzene rings is 2. The molecular formula is C25H31ClN2O4. The molecule has 3 rings (SSSR count). The number of hydrogen-bond acceptors (Lipinski definition) is 4. The first-order valence-electron chi connectivity index (χ1n) is 11.1. The zero-order valence-electron chi connectivity index (χ0n) is 18.9. The third kappa shape index (κ3) is 5.94. The van der Waals surface area contributed by atoms with Crippen LogP contribution in [0.3, 0.4) is 0 Å². The number of nitrogens with one attached hydrogen (secondary N) is 1. The van der Waals surface area contributed by atoms with Crippen molar-refractivity contribution < 1.29 is 19.1 Å². The lowest BCUT2D eigenvalue weighted by Crippen LogP contribution is -2.41. The SMILES string of the molecule is CCCCOc1ccc(NC(=O)C2CCN(C(=O)c3cc(Cl)ccc3OC)CC2)c(C)c1. The van der Waals surface area contributed by atoms with Crippen LogP contribution in [0.4, 0.5) is 5.69 Å². The summed E-state index contributed by atoms with van der Waals surface area (Å²) in [7, 11) is 1.53. The maximum absolute atomic E-state index is 12.9. The molecule has 0 bridgehead atoms. The minimum absolute atomic E-state index is 0.0137. The molecule has 1 N–H and O–H groups in total. The van der Waals surface area contributed by atoms with Crippen LogP contribution in [0.25, 0.3) is 0 Å². The van der Waals surface area contributed by atoms with Crippen molar-refractivity contribution in [1.29, 1.82) is 0 Å². The number of amides is 2. The van der Waals surface area contributed by atoms with Gasteiger partial charge in [-0.1, -0.05) is 24.9 Å². The van der Waals surface area contributed by atoms with E-state index in [0.29, 0.717) is 48.9 Å². The van der Waals surface area contributed by atoms with Gasteiger partial charge in [-0.05, 0) is 68.1 Å². The average molecular weight is 459 g/mol. The Morgan fingerprint density at radius 2 is 1.91 bits per heavy atom. The number of hydrogen-bond donors (Lipinski definition) is 1. The average Bonchev–Trinajstić information content (AvgIpc) is 2.80. The summed E-state index contributed by atoms with van der Waals surface area (Å²) in [5.41, 5.74) is 2.20. The fraction of sp³-hybridized carbons (Fsp3) is 0.440. The van der Waals surface area contributed by atoms with Crippen molar-refractivity contribution >= 4 is 29.1 Å². The topological polar surface area (TPSA) is 67.9 Å². The minimum Gasteiger partial charge on any atom is -0.496 e. The van der Waals surface area contributed by atoms with Gasteiger partial charge in [-0.2, -0.15) is 0 Å². The number of carbonyl (C=O) groups excluding carboxylic acids is 2. The van der Waals surface area contributed by atoms with Gasteiger partial charge in [-0.3, -0.25) is 9.59 Å². The Labute approximate surface area is 194 Å². The molecule has 1 aliphatic rings. The molecule has 0 aliphatic carbocycles. The Kier molecular flexibility index (Phi) is 8.39. The molecule has 0 saturated carbocycles. The smallest absolute Gasteiger partial charge is 0.257 e. The van der Waals surface area contributed by atoms with Crippen LogP contribution in [0.2, 0.25) is 5.02 Å². The van der Waals surface area contributed by atoms with Gasteiger partial charge in [-0.15, -0.1) is 0 Å². The highest BCUT2D eigenvalue weighted by Crippen LogP contribution is 2.28. The maximum atomic E-state index is 12.9. The Balaban J connectivity index is 1.56. The summed E-state index contributed by atoms with van der Waals surface area (Å²) < 4.78 is 11.0. The molecule has 2 aromatic rings. The molecule has 0 unspecified atom stereocenters. The molecule has 1 saturated heterocycles. The van der Waals surface area contributed by atoms with Crippen LogP contribution in [-0.4, -0.2) is 43.5 Å². The van der Waals surface area contributed by atoms with Crippen LogP contribution >= 0.6 is 11.6 Å².